The van der Waals surface area contributed by atoms with E-state index in [2.05, 4.69) is 15.9 Å². The molecule has 0 radical (unpaired) electrons. The summed E-state index contributed by atoms with van der Waals surface area (Å²) in [6.45, 7) is 0. The van der Waals surface area contributed by atoms with Gasteiger partial charge < -0.3 is 4.74 Å². The lowest BCUT2D eigenvalue weighted by Gasteiger charge is -2.28. The standard InChI is InChI=1S/C13H16BrFO3S/c1-19(16,17)13-4-2-3-11(8-13)18-12-6-9(14)5-10(15)7-12/h5-7,11,13H,2-4,8H2,1H3. The van der Waals surface area contributed by atoms with Gasteiger partial charge in [-0.1, -0.05) is 15.9 Å². The molecule has 2 atom stereocenters. The van der Waals surface area contributed by atoms with Crippen LogP contribution in [0.3, 0.4) is 0 Å². The van der Waals surface area contributed by atoms with Crippen LogP contribution < -0.4 is 4.74 Å². The predicted molar refractivity (Wildman–Crippen MR) is 75.6 cm³/mol. The summed E-state index contributed by atoms with van der Waals surface area (Å²) in [5.41, 5.74) is 0. The highest BCUT2D eigenvalue weighted by atomic mass is 79.9. The Hall–Kier alpha value is -0.620. The second-order valence-electron chi connectivity index (χ2n) is 4.96. The Balaban J connectivity index is 2.06. The Labute approximate surface area is 121 Å². The summed E-state index contributed by atoms with van der Waals surface area (Å²) < 4.78 is 42.7. The van der Waals surface area contributed by atoms with Crippen LogP contribution in [0, 0.1) is 5.82 Å². The molecule has 2 unspecified atom stereocenters. The van der Waals surface area contributed by atoms with Gasteiger partial charge in [-0.05, 0) is 31.4 Å². The van der Waals surface area contributed by atoms with Gasteiger partial charge >= 0.3 is 0 Å². The molecule has 19 heavy (non-hydrogen) atoms. The first kappa shape index (κ1) is 14.8. The van der Waals surface area contributed by atoms with Crippen molar-refractivity contribution in [1.29, 1.82) is 0 Å². The molecule has 0 heterocycles. The van der Waals surface area contributed by atoms with Gasteiger partial charge in [-0.2, -0.15) is 0 Å². The van der Waals surface area contributed by atoms with Gasteiger partial charge in [-0.3, -0.25) is 0 Å². The van der Waals surface area contributed by atoms with Crippen LogP contribution in [0.25, 0.3) is 0 Å². The smallest absolute Gasteiger partial charge is 0.150 e. The Bertz CT molecular complexity index is 539. The third kappa shape index (κ3) is 4.18. The summed E-state index contributed by atoms with van der Waals surface area (Å²) in [6, 6.07) is 4.36. The van der Waals surface area contributed by atoms with Crippen LogP contribution in [0.15, 0.2) is 22.7 Å². The molecule has 0 spiro atoms. The zero-order valence-corrected chi connectivity index (χ0v) is 13.0. The minimum Gasteiger partial charge on any atom is -0.490 e. The maximum Gasteiger partial charge on any atom is 0.150 e. The van der Waals surface area contributed by atoms with E-state index in [1.807, 2.05) is 0 Å². The fraction of sp³-hybridized carbons (Fsp3) is 0.538. The predicted octanol–water partition coefficient (Wildman–Crippen LogP) is 3.32. The second-order valence-corrected chi connectivity index (χ2v) is 8.20. The molecule has 106 valence electrons. The maximum absolute atomic E-state index is 13.2. The summed E-state index contributed by atoms with van der Waals surface area (Å²) in [6.07, 6.45) is 3.89. The third-order valence-electron chi connectivity index (χ3n) is 3.32. The molecular weight excluding hydrogens is 335 g/mol. The summed E-state index contributed by atoms with van der Waals surface area (Å²) in [5.74, 6) is 0.0610. The van der Waals surface area contributed by atoms with Crippen molar-refractivity contribution in [1.82, 2.24) is 0 Å². The topological polar surface area (TPSA) is 43.4 Å². The van der Waals surface area contributed by atoms with Gasteiger partial charge in [0.05, 0.1) is 11.4 Å². The fourth-order valence-corrected chi connectivity index (χ4v) is 3.99. The summed E-state index contributed by atoms with van der Waals surface area (Å²) in [4.78, 5) is 0. The molecule has 6 heteroatoms. The van der Waals surface area contributed by atoms with E-state index in [-0.39, 0.29) is 17.2 Å². The Morgan fingerprint density at radius 1 is 1.32 bits per heavy atom. The molecule has 0 N–H and O–H groups in total. The first-order valence-corrected chi connectivity index (χ1v) is 8.91. The highest BCUT2D eigenvalue weighted by molar-refractivity contribution is 9.10. The molecule has 1 aromatic rings. The maximum atomic E-state index is 13.2. The van der Waals surface area contributed by atoms with Crippen molar-refractivity contribution in [2.75, 3.05) is 6.26 Å². The summed E-state index contributed by atoms with van der Waals surface area (Å²) in [5, 5.41) is -0.344. The first-order chi connectivity index (χ1) is 8.84. The quantitative estimate of drug-likeness (QED) is 0.839. The summed E-state index contributed by atoms with van der Waals surface area (Å²) >= 11 is 3.21. The van der Waals surface area contributed by atoms with Gasteiger partial charge in [-0.15, -0.1) is 0 Å². The molecular formula is C13H16BrFO3S. The van der Waals surface area contributed by atoms with Crippen LogP contribution in [0.5, 0.6) is 5.75 Å². The van der Waals surface area contributed by atoms with Crippen molar-refractivity contribution in [2.45, 2.75) is 37.0 Å². The number of halogens is 2. The van der Waals surface area contributed by atoms with Crippen molar-refractivity contribution in [3.05, 3.63) is 28.5 Å². The molecule has 0 amide bonds. The van der Waals surface area contributed by atoms with E-state index in [1.54, 1.807) is 6.07 Å². The van der Waals surface area contributed by atoms with Crippen molar-refractivity contribution < 1.29 is 17.5 Å². The van der Waals surface area contributed by atoms with Crippen molar-refractivity contribution in [2.24, 2.45) is 0 Å². The van der Waals surface area contributed by atoms with Gasteiger partial charge in [-0.25, -0.2) is 12.8 Å². The summed E-state index contributed by atoms with van der Waals surface area (Å²) in [7, 11) is -3.03. The van der Waals surface area contributed by atoms with Crippen LogP contribution in [0.4, 0.5) is 4.39 Å². The molecule has 1 saturated carbocycles. The highest BCUT2D eigenvalue weighted by Crippen LogP contribution is 2.29. The van der Waals surface area contributed by atoms with E-state index in [9.17, 15) is 12.8 Å². The molecule has 0 bridgehead atoms. The Kier molecular flexibility index (Phi) is 4.50. The first-order valence-electron chi connectivity index (χ1n) is 6.16. The fourth-order valence-electron chi connectivity index (χ4n) is 2.39. The molecule has 1 aliphatic carbocycles. The molecule has 0 aliphatic heterocycles. The SMILES string of the molecule is CS(=O)(=O)C1CCCC(Oc2cc(F)cc(Br)c2)C1. The van der Waals surface area contributed by atoms with E-state index in [0.29, 0.717) is 23.1 Å². The van der Waals surface area contributed by atoms with E-state index < -0.39 is 9.84 Å². The molecule has 1 aromatic carbocycles. The zero-order chi connectivity index (χ0) is 14.0. The van der Waals surface area contributed by atoms with E-state index in [0.717, 1.165) is 12.8 Å². The average molecular weight is 351 g/mol. The molecule has 0 saturated heterocycles. The molecule has 1 aliphatic rings. The lowest BCUT2D eigenvalue weighted by atomic mass is 9.97. The van der Waals surface area contributed by atoms with Gasteiger partial charge in [0.1, 0.15) is 21.4 Å². The third-order valence-corrected chi connectivity index (χ3v) is 5.42. The minimum absolute atomic E-state index is 0.165. The Morgan fingerprint density at radius 3 is 2.68 bits per heavy atom. The Morgan fingerprint density at radius 2 is 2.05 bits per heavy atom. The van der Waals surface area contributed by atoms with Gasteiger partial charge in [0.15, 0.2) is 0 Å². The van der Waals surface area contributed by atoms with E-state index >= 15 is 0 Å². The van der Waals surface area contributed by atoms with Crippen molar-refractivity contribution in [3.8, 4) is 5.75 Å². The van der Waals surface area contributed by atoms with Crippen LogP contribution in [0.2, 0.25) is 0 Å². The van der Waals surface area contributed by atoms with Crippen LogP contribution in [-0.4, -0.2) is 26.0 Å². The van der Waals surface area contributed by atoms with Crippen LogP contribution in [0.1, 0.15) is 25.7 Å². The zero-order valence-electron chi connectivity index (χ0n) is 10.6. The largest absolute Gasteiger partial charge is 0.490 e. The van der Waals surface area contributed by atoms with Gasteiger partial charge in [0.2, 0.25) is 0 Å². The highest BCUT2D eigenvalue weighted by Gasteiger charge is 2.30. The van der Waals surface area contributed by atoms with Crippen molar-refractivity contribution >= 4 is 25.8 Å². The van der Waals surface area contributed by atoms with Crippen molar-refractivity contribution in [3.63, 3.8) is 0 Å². The molecule has 2 rings (SSSR count). The number of rotatable bonds is 3. The lowest BCUT2D eigenvalue weighted by Crippen LogP contribution is -2.33. The average Bonchev–Trinajstić information content (AvgIpc) is 2.26. The van der Waals surface area contributed by atoms with E-state index in [1.165, 1.54) is 18.4 Å². The second kappa shape index (κ2) is 5.79. The number of sulfone groups is 1. The normalized spacial score (nSPS) is 24.2. The lowest BCUT2D eigenvalue weighted by molar-refractivity contribution is 0.155. The molecule has 3 nitrogen and oxygen atoms in total. The van der Waals surface area contributed by atoms with Gasteiger partial charge in [0.25, 0.3) is 0 Å². The van der Waals surface area contributed by atoms with Gasteiger partial charge in [0, 0.05) is 23.2 Å². The number of hydrogen-bond donors (Lipinski definition) is 0. The molecule has 0 aromatic heterocycles. The number of benzene rings is 1. The monoisotopic (exact) mass is 350 g/mol. The minimum atomic E-state index is -3.03. The molecule has 1 fully saturated rings. The van der Waals surface area contributed by atoms with E-state index in [4.69, 9.17) is 4.74 Å². The number of ether oxygens (including phenoxy) is 1. The van der Waals surface area contributed by atoms with Crippen LogP contribution >= 0.6 is 15.9 Å². The number of hydrogen-bond acceptors (Lipinski definition) is 3. The van der Waals surface area contributed by atoms with Crippen LogP contribution in [-0.2, 0) is 9.84 Å².